The van der Waals surface area contributed by atoms with E-state index in [-0.39, 0.29) is 34.0 Å². The molecule has 180 valence electrons. The summed E-state index contributed by atoms with van der Waals surface area (Å²) in [5.74, 6) is -0.997. The number of fused-ring (bicyclic) bond motifs is 2. The van der Waals surface area contributed by atoms with E-state index in [4.69, 9.17) is 0 Å². The SMILES string of the molecule is O=C1c2ncccc2C(=O)c2c1n(Cc1ccc(N3CCN(Cc4ccccc4)CC3)cc1)n[n+]2[O-]. The Labute approximate surface area is 207 Å². The van der Waals surface area contributed by atoms with Crippen LogP contribution in [-0.4, -0.2) is 57.5 Å². The Morgan fingerprint density at radius 1 is 0.806 bits per heavy atom. The van der Waals surface area contributed by atoms with Crippen LogP contribution in [0.15, 0.2) is 72.9 Å². The first kappa shape index (κ1) is 22.1. The second-order valence-electron chi connectivity index (χ2n) is 9.09. The average molecular weight is 481 g/mol. The van der Waals surface area contributed by atoms with Crippen LogP contribution in [0.1, 0.15) is 43.4 Å². The van der Waals surface area contributed by atoms with Crippen molar-refractivity contribution in [2.45, 2.75) is 13.1 Å². The van der Waals surface area contributed by atoms with Crippen molar-refractivity contribution in [3.8, 4) is 0 Å². The number of hydrogen-bond acceptors (Lipinski definition) is 7. The van der Waals surface area contributed by atoms with E-state index < -0.39 is 11.6 Å². The Kier molecular flexibility index (Phi) is 5.54. The average Bonchev–Trinajstić information content (AvgIpc) is 3.24. The van der Waals surface area contributed by atoms with Crippen LogP contribution in [0.25, 0.3) is 0 Å². The smallest absolute Gasteiger partial charge is 0.258 e. The number of hydrogen-bond donors (Lipinski definition) is 0. The largest absolute Gasteiger partial charge is 0.691 e. The molecule has 1 fully saturated rings. The minimum atomic E-state index is -0.532. The molecule has 2 aromatic heterocycles. The quantitative estimate of drug-likeness (QED) is 0.281. The number of ketones is 2. The summed E-state index contributed by atoms with van der Waals surface area (Å²) in [6.45, 7) is 5.03. The maximum atomic E-state index is 13.0. The number of carbonyl (C=O) groups is 2. The maximum absolute atomic E-state index is 13.0. The predicted octanol–water partition coefficient (Wildman–Crippen LogP) is 2.06. The number of carbonyl (C=O) groups excluding carboxylic acids is 2. The van der Waals surface area contributed by atoms with Gasteiger partial charge in [0.2, 0.25) is 5.78 Å². The van der Waals surface area contributed by atoms with Gasteiger partial charge in [-0.2, -0.15) is 0 Å². The molecule has 1 aliphatic carbocycles. The summed E-state index contributed by atoms with van der Waals surface area (Å²) in [6.07, 6.45) is 1.46. The molecule has 0 unspecified atom stereocenters. The summed E-state index contributed by atoms with van der Waals surface area (Å²) < 4.78 is 1.30. The molecular weight excluding hydrogens is 456 g/mol. The van der Waals surface area contributed by atoms with Crippen LogP contribution < -0.4 is 9.75 Å². The second kappa shape index (κ2) is 9.01. The summed E-state index contributed by atoms with van der Waals surface area (Å²) in [5, 5.41) is 16.3. The highest BCUT2D eigenvalue weighted by molar-refractivity contribution is 6.25. The Balaban J connectivity index is 1.15. The van der Waals surface area contributed by atoms with Crippen molar-refractivity contribution < 1.29 is 14.4 Å². The standard InChI is InChI=1S/C27H24N6O3/c34-26-22-7-4-12-28-23(22)27(35)24-25(26)33(36)29-32(24)18-20-8-10-21(11-9-20)31-15-13-30(14-16-31)17-19-5-2-1-3-6-19/h1-12H,13-18H2. The van der Waals surface area contributed by atoms with Gasteiger partial charge in [-0.1, -0.05) is 42.5 Å². The third kappa shape index (κ3) is 3.93. The lowest BCUT2D eigenvalue weighted by Gasteiger charge is -2.36. The van der Waals surface area contributed by atoms with Crippen molar-refractivity contribution in [3.05, 3.63) is 112 Å². The maximum Gasteiger partial charge on any atom is 0.258 e. The third-order valence-corrected chi connectivity index (χ3v) is 6.82. The fourth-order valence-electron chi connectivity index (χ4n) is 4.93. The molecular formula is C27H24N6O3. The number of piperazine rings is 1. The van der Waals surface area contributed by atoms with Crippen LogP contribution >= 0.6 is 0 Å². The van der Waals surface area contributed by atoms with E-state index in [9.17, 15) is 14.8 Å². The molecule has 0 spiro atoms. The molecule has 0 atom stereocenters. The topological polar surface area (TPSA) is 98.3 Å². The number of pyridine rings is 1. The molecule has 0 radical (unpaired) electrons. The van der Waals surface area contributed by atoms with Gasteiger partial charge in [-0.05, 0) is 35.4 Å². The van der Waals surface area contributed by atoms with Crippen LogP contribution in [0, 0.1) is 5.21 Å². The van der Waals surface area contributed by atoms with Crippen LogP contribution in [-0.2, 0) is 13.1 Å². The Bertz CT molecular complexity index is 1440. The van der Waals surface area contributed by atoms with Crippen molar-refractivity contribution in [2.24, 2.45) is 0 Å². The van der Waals surface area contributed by atoms with E-state index >= 15 is 0 Å². The minimum absolute atomic E-state index is 0.0141. The number of anilines is 1. The van der Waals surface area contributed by atoms with Gasteiger partial charge in [-0.25, -0.2) is 0 Å². The normalized spacial score (nSPS) is 15.6. The molecule has 2 aromatic carbocycles. The van der Waals surface area contributed by atoms with E-state index in [0.29, 0.717) is 0 Å². The lowest BCUT2D eigenvalue weighted by atomic mass is 9.94. The van der Waals surface area contributed by atoms with Gasteiger partial charge in [-0.15, -0.1) is 9.53 Å². The molecule has 9 heteroatoms. The van der Waals surface area contributed by atoms with Gasteiger partial charge in [0, 0.05) is 44.6 Å². The van der Waals surface area contributed by atoms with Crippen LogP contribution in [0.4, 0.5) is 5.69 Å². The Morgan fingerprint density at radius 3 is 2.28 bits per heavy atom. The van der Waals surface area contributed by atoms with Gasteiger partial charge in [-0.3, -0.25) is 19.5 Å². The first-order chi connectivity index (χ1) is 17.6. The molecule has 0 bridgehead atoms. The van der Waals surface area contributed by atoms with E-state index in [2.05, 4.69) is 44.3 Å². The molecule has 2 aliphatic rings. The van der Waals surface area contributed by atoms with Crippen molar-refractivity contribution in [1.82, 2.24) is 19.8 Å². The van der Waals surface area contributed by atoms with Gasteiger partial charge in [0.15, 0.2) is 0 Å². The lowest BCUT2D eigenvalue weighted by molar-refractivity contribution is -0.672. The summed E-state index contributed by atoms with van der Waals surface area (Å²) in [6, 6.07) is 21.6. The van der Waals surface area contributed by atoms with Crippen molar-refractivity contribution in [2.75, 3.05) is 31.1 Å². The molecule has 6 rings (SSSR count). The lowest BCUT2D eigenvalue weighted by Crippen LogP contribution is -2.45. The van der Waals surface area contributed by atoms with Crippen molar-refractivity contribution in [1.29, 1.82) is 0 Å². The van der Waals surface area contributed by atoms with E-state index in [1.807, 2.05) is 30.3 Å². The molecule has 4 aromatic rings. The molecule has 1 aliphatic heterocycles. The fourth-order valence-corrected chi connectivity index (χ4v) is 4.93. The summed E-state index contributed by atoms with van der Waals surface area (Å²) >= 11 is 0. The van der Waals surface area contributed by atoms with Gasteiger partial charge < -0.3 is 10.1 Å². The molecule has 0 saturated carbocycles. The minimum Gasteiger partial charge on any atom is -0.691 e. The van der Waals surface area contributed by atoms with Crippen LogP contribution in [0.5, 0.6) is 0 Å². The summed E-state index contributed by atoms with van der Waals surface area (Å²) in [5.41, 5.74) is 3.26. The summed E-state index contributed by atoms with van der Waals surface area (Å²) in [7, 11) is 0. The third-order valence-electron chi connectivity index (χ3n) is 6.82. The highest BCUT2D eigenvalue weighted by Crippen LogP contribution is 2.24. The van der Waals surface area contributed by atoms with E-state index in [0.717, 1.165) is 44.0 Å². The zero-order valence-electron chi connectivity index (χ0n) is 19.6. The first-order valence-corrected chi connectivity index (χ1v) is 11.9. The van der Waals surface area contributed by atoms with Gasteiger partial charge in [0.1, 0.15) is 12.2 Å². The number of rotatable bonds is 5. The van der Waals surface area contributed by atoms with Crippen LogP contribution in [0.2, 0.25) is 0 Å². The fraction of sp³-hybridized carbons (Fsp3) is 0.222. The molecule has 36 heavy (non-hydrogen) atoms. The van der Waals surface area contributed by atoms with Gasteiger partial charge in [0.05, 0.1) is 10.8 Å². The molecule has 3 heterocycles. The zero-order valence-corrected chi connectivity index (χ0v) is 19.6. The molecule has 0 N–H and O–H groups in total. The Hall–Kier alpha value is -4.37. The zero-order chi connectivity index (χ0) is 24.6. The Morgan fingerprint density at radius 2 is 1.53 bits per heavy atom. The summed E-state index contributed by atoms with van der Waals surface area (Å²) in [4.78, 5) is 35.0. The monoisotopic (exact) mass is 480 g/mol. The van der Waals surface area contributed by atoms with Crippen molar-refractivity contribution in [3.63, 3.8) is 0 Å². The molecule has 9 nitrogen and oxygen atoms in total. The molecule has 0 amide bonds. The molecule has 1 saturated heterocycles. The van der Waals surface area contributed by atoms with Gasteiger partial charge in [0.25, 0.3) is 17.2 Å². The van der Waals surface area contributed by atoms with Gasteiger partial charge >= 0.3 is 0 Å². The van der Waals surface area contributed by atoms with Crippen LogP contribution in [0.3, 0.4) is 0 Å². The highest BCUT2D eigenvalue weighted by atomic mass is 16.5. The van der Waals surface area contributed by atoms with E-state index in [1.165, 1.54) is 22.5 Å². The first-order valence-electron chi connectivity index (χ1n) is 11.9. The predicted molar refractivity (Wildman–Crippen MR) is 132 cm³/mol. The highest BCUT2D eigenvalue weighted by Gasteiger charge is 2.42. The number of nitrogens with zero attached hydrogens (tertiary/aromatic N) is 6. The van der Waals surface area contributed by atoms with Crippen molar-refractivity contribution >= 4 is 17.3 Å². The van der Waals surface area contributed by atoms with E-state index in [1.54, 1.807) is 6.07 Å². The second-order valence-corrected chi connectivity index (χ2v) is 9.09. The number of aromatic nitrogens is 4. The number of benzene rings is 2.